The maximum Gasteiger partial charge on any atom is 0.0259 e. The van der Waals surface area contributed by atoms with Crippen molar-refractivity contribution < 1.29 is 0 Å². The van der Waals surface area contributed by atoms with Gasteiger partial charge in [-0.05, 0) is 32.7 Å². The fourth-order valence-corrected chi connectivity index (χ4v) is 1.91. The second kappa shape index (κ2) is 3.52. The van der Waals surface area contributed by atoms with Crippen molar-refractivity contribution in [2.24, 2.45) is 17.4 Å². The Kier molecular flexibility index (Phi) is 2.87. The summed E-state index contributed by atoms with van der Waals surface area (Å²) in [6.07, 6.45) is 1.17. The van der Waals surface area contributed by atoms with E-state index in [2.05, 4.69) is 12.2 Å². The molecule has 0 aliphatic carbocycles. The van der Waals surface area contributed by atoms with Gasteiger partial charge in [-0.2, -0.15) is 0 Å². The molecule has 11 heavy (non-hydrogen) atoms. The van der Waals surface area contributed by atoms with Crippen molar-refractivity contribution in [2.45, 2.75) is 38.4 Å². The summed E-state index contributed by atoms with van der Waals surface area (Å²) in [5.41, 5.74) is 11.6. The Labute approximate surface area is 68.5 Å². The van der Waals surface area contributed by atoms with Gasteiger partial charge in [0.25, 0.3) is 0 Å². The quantitative estimate of drug-likeness (QED) is 0.514. The van der Waals surface area contributed by atoms with Gasteiger partial charge in [-0.3, -0.25) is 0 Å². The maximum atomic E-state index is 5.83. The van der Waals surface area contributed by atoms with Crippen LogP contribution in [0.4, 0.5) is 0 Å². The molecule has 3 heteroatoms. The van der Waals surface area contributed by atoms with E-state index >= 15 is 0 Å². The smallest absolute Gasteiger partial charge is 0.0259 e. The van der Waals surface area contributed by atoms with Crippen LogP contribution in [-0.4, -0.2) is 24.7 Å². The van der Waals surface area contributed by atoms with E-state index in [0.29, 0.717) is 12.0 Å². The van der Waals surface area contributed by atoms with Crippen LogP contribution in [0, 0.1) is 5.92 Å². The minimum atomic E-state index is 0.216. The van der Waals surface area contributed by atoms with Gasteiger partial charge in [0.1, 0.15) is 0 Å². The third-order valence-electron chi connectivity index (χ3n) is 2.56. The predicted molar refractivity (Wildman–Crippen MR) is 47.2 cm³/mol. The van der Waals surface area contributed by atoms with Gasteiger partial charge in [0, 0.05) is 18.1 Å². The van der Waals surface area contributed by atoms with Gasteiger partial charge in [0.05, 0.1) is 0 Å². The fraction of sp³-hybridized carbons (Fsp3) is 1.00. The Balaban J connectivity index is 2.51. The molecule has 1 saturated heterocycles. The molecular weight excluding hydrogens is 138 g/mol. The molecule has 0 aromatic heterocycles. The van der Waals surface area contributed by atoms with E-state index in [0.717, 1.165) is 6.54 Å². The van der Waals surface area contributed by atoms with E-state index in [1.165, 1.54) is 6.42 Å². The molecule has 0 spiro atoms. The molecular formula is C8H19N3. The molecule has 1 fully saturated rings. The summed E-state index contributed by atoms with van der Waals surface area (Å²) >= 11 is 0. The Morgan fingerprint density at radius 3 is 2.27 bits per heavy atom. The van der Waals surface area contributed by atoms with Crippen molar-refractivity contribution in [1.82, 2.24) is 5.32 Å². The van der Waals surface area contributed by atoms with E-state index in [9.17, 15) is 0 Å². The molecule has 4 atom stereocenters. The number of rotatable bonds is 2. The van der Waals surface area contributed by atoms with E-state index in [4.69, 9.17) is 11.5 Å². The van der Waals surface area contributed by atoms with E-state index < -0.39 is 0 Å². The number of nitrogens with two attached hydrogens (primary N) is 2. The highest BCUT2D eigenvalue weighted by Crippen LogP contribution is 2.19. The van der Waals surface area contributed by atoms with Crippen LogP contribution in [0.1, 0.15) is 20.3 Å². The normalized spacial score (nSPS) is 37.1. The zero-order chi connectivity index (χ0) is 8.43. The first-order valence-corrected chi connectivity index (χ1v) is 4.37. The summed E-state index contributed by atoms with van der Waals surface area (Å²) in [5, 5.41) is 3.38. The second-order valence-corrected chi connectivity index (χ2v) is 3.65. The van der Waals surface area contributed by atoms with Crippen LogP contribution in [0.25, 0.3) is 0 Å². The topological polar surface area (TPSA) is 64.1 Å². The molecule has 0 radical (unpaired) electrons. The van der Waals surface area contributed by atoms with Gasteiger partial charge in [-0.1, -0.05) is 0 Å². The van der Waals surface area contributed by atoms with Crippen LogP contribution in [-0.2, 0) is 0 Å². The summed E-state index contributed by atoms with van der Waals surface area (Å²) in [6.45, 7) is 5.17. The average molecular weight is 157 g/mol. The Bertz CT molecular complexity index is 109. The lowest BCUT2D eigenvalue weighted by Crippen LogP contribution is -2.47. The zero-order valence-corrected chi connectivity index (χ0v) is 7.38. The standard InChI is InChI=1S/C8H19N3/c1-5(9)7-3-4-11-8(7)6(2)10/h5-8,11H,3-4,9-10H2,1-2H3. The molecule has 0 saturated carbocycles. The Morgan fingerprint density at radius 2 is 1.91 bits per heavy atom. The van der Waals surface area contributed by atoms with Crippen LogP contribution in [0.15, 0.2) is 0 Å². The Morgan fingerprint density at radius 1 is 1.27 bits per heavy atom. The van der Waals surface area contributed by atoms with Gasteiger partial charge in [-0.25, -0.2) is 0 Å². The van der Waals surface area contributed by atoms with Crippen molar-refractivity contribution in [3.8, 4) is 0 Å². The summed E-state index contributed by atoms with van der Waals surface area (Å²) in [4.78, 5) is 0. The largest absolute Gasteiger partial charge is 0.328 e. The summed E-state index contributed by atoms with van der Waals surface area (Å²) in [6, 6.07) is 0.907. The van der Waals surface area contributed by atoms with Crippen LogP contribution in [0.5, 0.6) is 0 Å². The lowest BCUT2D eigenvalue weighted by atomic mass is 9.90. The number of nitrogens with one attached hydrogen (secondary N) is 1. The third kappa shape index (κ3) is 1.92. The molecule has 3 nitrogen and oxygen atoms in total. The monoisotopic (exact) mass is 157 g/mol. The first-order chi connectivity index (χ1) is 5.13. The molecule has 66 valence electrons. The van der Waals surface area contributed by atoms with E-state index in [1.54, 1.807) is 0 Å². The van der Waals surface area contributed by atoms with Gasteiger partial charge in [0.2, 0.25) is 0 Å². The third-order valence-corrected chi connectivity index (χ3v) is 2.56. The Hall–Kier alpha value is -0.120. The summed E-state index contributed by atoms with van der Waals surface area (Å²) in [7, 11) is 0. The zero-order valence-electron chi connectivity index (χ0n) is 7.38. The average Bonchev–Trinajstić information content (AvgIpc) is 2.32. The second-order valence-electron chi connectivity index (χ2n) is 3.65. The van der Waals surface area contributed by atoms with Gasteiger partial charge < -0.3 is 16.8 Å². The molecule has 0 amide bonds. The van der Waals surface area contributed by atoms with Crippen molar-refractivity contribution in [3.05, 3.63) is 0 Å². The molecule has 1 heterocycles. The molecule has 1 aliphatic heterocycles. The first kappa shape index (κ1) is 8.97. The molecule has 1 aliphatic rings. The minimum absolute atomic E-state index is 0.216. The minimum Gasteiger partial charge on any atom is -0.328 e. The number of hydrogen-bond donors (Lipinski definition) is 3. The molecule has 0 aromatic carbocycles. The van der Waals surface area contributed by atoms with Gasteiger partial charge >= 0.3 is 0 Å². The molecule has 0 bridgehead atoms. The van der Waals surface area contributed by atoms with E-state index in [1.807, 2.05) is 6.92 Å². The highest BCUT2D eigenvalue weighted by Gasteiger charge is 2.31. The lowest BCUT2D eigenvalue weighted by Gasteiger charge is -2.25. The lowest BCUT2D eigenvalue weighted by molar-refractivity contribution is 0.352. The van der Waals surface area contributed by atoms with Gasteiger partial charge in [0.15, 0.2) is 0 Å². The van der Waals surface area contributed by atoms with Crippen molar-refractivity contribution in [3.63, 3.8) is 0 Å². The maximum absolute atomic E-state index is 5.83. The van der Waals surface area contributed by atoms with Crippen LogP contribution < -0.4 is 16.8 Å². The van der Waals surface area contributed by atoms with Crippen molar-refractivity contribution >= 4 is 0 Å². The van der Waals surface area contributed by atoms with Crippen LogP contribution in [0.2, 0.25) is 0 Å². The highest BCUT2D eigenvalue weighted by atomic mass is 15.0. The molecule has 4 unspecified atom stereocenters. The first-order valence-electron chi connectivity index (χ1n) is 4.37. The van der Waals surface area contributed by atoms with Crippen molar-refractivity contribution in [2.75, 3.05) is 6.54 Å². The summed E-state index contributed by atoms with van der Waals surface area (Å²) in [5.74, 6) is 0.565. The van der Waals surface area contributed by atoms with Crippen LogP contribution >= 0.6 is 0 Å². The van der Waals surface area contributed by atoms with Crippen molar-refractivity contribution in [1.29, 1.82) is 0 Å². The van der Waals surface area contributed by atoms with Crippen LogP contribution in [0.3, 0.4) is 0 Å². The predicted octanol–water partition coefficient (Wildman–Crippen LogP) is -0.341. The fourth-order valence-electron chi connectivity index (χ4n) is 1.91. The summed E-state index contributed by atoms with van der Waals surface area (Å²) < 4.78 is 0. The molecule has 0 aromatic rings. The van der Waals surface area contributed by atoms with Gasteiger partial charge in [-0.15, -0.1) is 0 Å². The SMILES string of the molecule is CC(N)C1CCNC1C(C)N. The molecule has 5 N–H and O–H groups in total. The van der Waals surface area contributed by atoms with E-state index in [-0.39, 0.29) is 12.1 Å². The number of hydrogen-bond acceptors (Lipinski definition) is 3. The molecule has 1 rings (SSSR count). The highest BCUT2D eigenvalue weighted by molar-refractivity contribution is 4.92.